The number of carbonyl (C=O) groups is 3. The summed E-state index contributed by atoms with van der Waals surface area (Å²) in [5.74, 6) is -3.89. The molecule has 2 rings (SSSR count). The lowest BCUT2D eigenvalue weighted by molar-refractivity contribution is -0.384. The molecule has 1 amide bonds. The van der Waals surface area contributed by atoms with Crippen LogP contribution in [-0.2, 0) is 34.1 Å². The van der Waals surface area contributed by atoms with E-state index in [2.05, 4.69) is 5.32 Å². The van der Waals surface area contributed by atoms with Crippen LogP contribution in [-0.4, -0.2) is 53.7 Å². The smallest absolute Gasteiger partial charge is 0.335 e. The lowest BCUT2D eigenvalue weighted by Gasteiger charge is -2.25. The number of esters is 1. The van der Waals surface area contributed by atoms with Gasteiger partial charge in [-0.15, -0.1) is 0 Å². The first-order valence-corrected chi connectivity index (χ1v) is 13.7. The highest BCUT2D eigenvalue weighted by Gasteiger charge is 2.34. The summed E-state index contributed by atoms with van der Waals surface area (Å²) in [6, 6.07) is 9.51. The first kappa shape index (κ1) is 30.6. The van der Waals surface area contributed by atoms with Crippen molar-refractivity contribution in [3.05, 3.63) is 75.3 Å². The number of ether oxygens (including phenoxy) is 1. The summed E-state index contributed by atoms with van der Waals surface area (Å²) in [6.07, 6.45) is -0.387. The molecule has 0 aliphatic rings. The van der Waals surface area contributed by atoms with Crippen LogP contribution in [0, 0.1) is 10.1 Å². The highest BCUT2D eigenvalue weighted by Crippen LogP contribution is 2.51. The van der Waals surface area contributed by atoms with Crippen LogP contribution < -0.4 is 5.32 Å². The number of nitrogens with one attached hydrogen (secondary N) is 1. The van der Waals surface area contributed by atoms with Crippen molar-refractivity contribution in [3.63, 3.8) is 0 Å². The Morgan fingerprint density at radius 1 is 0.974 bits per heavy atom. The Kier molecular flexibility index (Phi) is 11.6. The molecule has 0 aromatic heterocycles. The molecule has 0 spiro atoms. The molecule has 0 saturated carbocycles. The number of rotatable bonds is 15. The van der Waals surface area contributed by atoms with E-state index in [0.29, 0.717) is 11.1 Å². The molecule has 2 atom stereocenters. The second kappa shape index (κ2) is 14.4. The van der Waals surface area contributed by atoms with Crippen LogP contribution in [0.1, 0.15) is 54.6 Å². The van der Waals surface area contributed by atoms with Gasteiger partial charge in [0.2, 0.25) is 0 Å². The van der Waals surface area contributed by atoms with Gasteiger partial charge in [0.25, 0.3) is 11.6 Å². The molecule has 2 N–H and O–H groups in total. The van der Waals surface area contributed by atoms with E-state index in [-0.39, 0.29) is 43.7 Å². The minimum absolute atomic E-state index is 0.00388. The van der Waals surface area contributed by atoms with Crippen molar-refractivity contribution >= 4 is 31.1 Å². The Labute approximate surface area is 220 Å². The third kappa shape index (κ3) is 8.76. The van der Waals surface area contributed by atoms with E-state index in [1.54, 1.807) is 32.9 Å². The van der Waals surface area contributed by atoms with E-state index in [0.717, 1.165) is 0 Å². The summed E-state index contributed by atoms with van der Waals surface area (Å²) in [6.45, 7) is 5.47. The molecule has 0 saturated heterocycles. The maximum atomic E-state index is 13.0. The second-order valence-electron chi connectivity index (χ2n) is 8.06. The number of non-ortho nitro benzene ring substituents is 1. The van der Waals surface area contributed by atoms with Crippen molar-refractivity contribution in [3.8, 4) is 0 Å². The summed E-state index contributed by atoms with van der Waals surface area (Å²) >= 11 is 0. The molecule has 0 unspecified atom stereocenters. The van der Waals surface area contributed by atoms with Gasteiger partial charge in [0.15, 0.2) is 0 Å². The van der Waals surface area contributed by atoms with Crippen LogP contribution in [0.5, 0.6) is 0 Å². The number of nitrogens with zero attached hydrogens (tertiary/aromatic N) is 1. The van der Waals surface area contributed by atoms with Crippen molar-refractivity contribution in [1.82, 2.24) is 5.32 Å². The van der Waals surface area contributed by atoms with E-state index in [9.17, 15) is 34.2 Å². The van der Waals surface area contributed by atoms with E-state index in [1.165, 1.54) is 36.4 Å². The Bertz CT molecular complexity index is 1160. The number of benzene rings is 2. The molecule has 0 aliphatic heterocycles. The monoisotopic (exact) mass is 550 g/mol. The first-order chi connectivity index (χ1) is 18.0. The predicted octanol–water partition coefficient (Wildman–Crippen LogP) is 4.28. The summed E-state index contributed by atoms with van der Waals surface area (Å²) in [5.41, 5.74) is 0.807. The maximum absolute atomic E-state index is 13.0. The zero-order valence-electron chi connectivity index (χ0n) is 21.3. The fraction of sp³-hybridized carbons (Fsp3) is 0.400. The number of hydrogen-bond donors (Lipinski definition) is 2. The third-order valence-electron chi connectivity index (χ3n) is 5.42. The van der Waals surface area contributed by atoms with Gasteiger partial charge in [-0.2, -0.15) is 0 Å². The van der Waals surface area contributed by atoms with Crippen LogP contribution in [0.25, 0.3) is 0 Å². The Morgan fingerprint density at radius 2 is 1.55 bits per heavy atom. The molecule has 2 aromatic rings. The molecule has 0 fully saturated rings. The largest absolute Gasteiger partial charge is 0.480 e. The highest BCUT2D eigenvalue weighted by atomic mass is 31.2. The van der Waals surface area contributed by atoms with E-state index in [1.807, 2.05) is 0 Å². The van der Waals surface area contributed by atoms with Crippen molar-refractivity contribution in [1.29, 1.82) is 0 Å². The molecule has 38 heavy (non-hydrogen) atoms. The van der Waals surface area contributed by atoms with Crippen LogP contribution in [0.3, 0.4) is 0 Å². The normalized spacial score (nSPS) is 12.8. The van der Waals surface area contributed by atoms with Crippen molar-refractivity contribution in [2.75, 3.05) is 19.8 Å². The molecule has 206 valence electrons. The lowest BCUT2D eigenvalue weighted by atomic mass is 9.88. The quantitative estimate of drug-likeness (QED) is 0.141. The van der Waals surface area contributed by atoms with E-state index in [4.69, 9.17) is 13.8 Å². The van der Waals surface area contributed by atoms with E-state index >= 15 is 0 Å². The summed E-state index contributed by atoms with van der Waals surface area (Å²) in [7, 11) is -3.36. The van der Waals surface area contributed by atoms with Gasteiger partial charge in [-0.05, 0) is 44.0 Å². The number of carboxylic acids is 1. The maximum Gasteiger partial charge on any atom is 0.335 e. The Balaban J connectivity index is 2.29. The number of amides is 1. The molecular weight excluding hydrogens is 519 g/mol. The van der Waals surface area contributed by atoms with Crippen LogP contribution in [0.4, 0.5) is 5.69 Å². The summed E-state index contributed by atoms with van der Waals surface area (Å²) in [4.78, 5) is 47.8. The SMILES string of the molecule is CCOC(=O)C[C@@H](c1ccc([N+](=O)[O-])cc1)[C@H](NC(=O)c1ccc(CP(=O)(OCC)OCC)cc1)C(=O)O. The Hall–Kier alpha value is -3.60. The minimum atomic E-state index is -3.36. The number of nitro groups is 1. The topological polar surface area (TPSA) is 171 Å². The van der Waals surface area contributed by atoms with Gasteiger partial charge >= 0.3 is 19.5 Å². The summed E-state index contributed by atoms with van der Waals surface area (Å²) < 4.78 is 28.3. The van der Waals surface area contributed by atoms with Gasteiger partial charge in [-0.1, -0.05) is 24.3 Å². The van der Waals surface area contributed by atoms with Gasteiger partial charge in [0.05, 0.1) is 37.3 Å². The molecule has 0 bridgehead atoms. The van der Waals surface area contributed by atoms with Crippen molar-refractivity contribution < 1.29 is 42.8 Å². The van der Waals surface area contributed by atoms with Crippen molar-refractivity contribution in [2.24, 2.45) is 0 Å². The zero-order chi connectivity index (χ0) is 28.3. The first-order valence-electron chi connectivity index (χ1n) is 11.9. The number of carboxylic acid groups (broad SMARTS) is 1. The van der Waals surface area contributed by atoms with E-state index < -0.39 is 42.3 Å². The average molecular weight is 551 g/mol. The van der Waals surface area contributed by atoms with Crippen LogP contribution in [0.2, 0.25) is 0 Å². The van der Waals surface area contributed by atoms with Gasteiger partial charge < -0.3 is 24.2 Å². The highest BCUT2D eigenvalue weighted by molar-refractivity contribution is 7.53. The number of nitro benzene ring substituents is 1. The minimum Gasteiger partial charge on any atom is -0.480 e. The van der Waals surface area contributed by atoms with Gasteiger partial charge in [-0.3, -0.25) is 24.3 Å². The van der Waals surface area contributed by atoms with Crippen LogP contribution in [0.15, 0.2) is 48.5 Å². The molecule has 13 heteroatoms. The standard InChI is InChI=1S/C25H31N2O10P/c1-4-35-22(28)15-21(18-11-13-20(14-12-18)27(32)33)23(25(30)31)26-24(29)19-9-7-17(8-10-19)16-38(34,36-5-2)37-6-3/h7-14,21,23H,4-6,15-16H2,1-3H3,(H,26,29)(H,30,31)/t21-,23-/m0/s1. The molecule has 2 aromatic carbocycles. The Morgan fingerprint density at radius 3 is 2.03 bits per heavy atom. The fourth-order valence-corrected chi connectivity index (χ4v) is 5.44. The number of hydrogen-bond acceptors (Lipinski definition) is 9. The fourth-order valence-electron chi connectivity index (χ4n) is 3.74. The molecular formula is C25H31N2O10P. The van der Waals surface area contributed by atoms with Gasteiger partial charge in [0.1, 0.15) is 6.04 Å². The zero-order valence-corrected chi connectivity index (χ0v) is 22.2. The predicted molar refractivity (Wildman–Crippen MR) is 137 cm³/mol. The molecule has 12 nitrogen and oxygen atoms in total. The summed E-state index contributed by atoms with van der Waals surface area (Å²) in [5, 5.41) is 23.4. The number of carbonyl (C=O) groups excluding carboxylic acids is 2. The third-order valence-corrected chi connectivity index (χ3v) is 7.48. The molecule has 0 aliphatic carbocycles. The average Bonchev–Trinajstić information content (AvgIpc) is 2.86. The lowest BCUT2D eigenvalue weighted by Crippen LogP contribution is -2.45. The van der Waals surface area contributed by atoms with Crippen molar-refractivity contribution in [2.45, 2.75) is 45.3 Å². The molecule has 0 heterocycles. The number of aliphatic carboxylic acids is 1. The van der Waals surface area contributed by atoms with Gasteiger partial charge in [0, 0.05) is 23.6 Å². The second-order valence-corrected chi connectivity index (χ2v) is 10.1. The van der Waals surface area contributed by atoms with Gasteiger partial charge in [-0.25, -0.2) is 4.79 Å². The van der Waals surface area contributed by atoms with Crippen LogP contribution >= 0.6 is 7.60 Å². The molecule has 0 radical (unpaired) electrons.